The molecule has 2 aromatic rings. The lowest BCUT2D eigenvalue weighted by molar-refractivity contribution is 0.105. The highest BCUT2D eigenvalue weighted by molar-refractivity contribution is 7.14. The van der Waals surface area contributed by atoms with Crippen LogP contribution in [0.3, 0.4) is 0 Å². The molecule has 2 rings (SSSR count). The third-order valence-corrected chi connectivity index (χ3v) is 3.67. The van der Waals surface area contributed by atoms with Crippen LogP contribution >= 0.6 is 22.7 Å². The van der Waals surface area contributed by atoms with E-state index in [9.17, 15) is 4.79 Å². The van der Waals surface area contributed by atoms with Gasteiger partial charge < -0.3 is 0 Å². The van der Waals surface area contributed by atoms with E-state index in [2.05, 4.69) is 0 Å². The van der Waals surface area contributed by atoms with Gasteiger partial charge in [0.1, 0.15) is 0 Å². The van der Waals surface area contributed by atoms with E-state index in [0.717, 1.165) is 10.4 Å². The summed E-state index contributed by atoms with van der Waals surface area (Å²) < 4.78 is 0. The lowest BCUT2D eigenvalue weighted by Gasteiger charge is -1.87. The summed E-state index contributed by atoms with van der Waals surface area (Å²) in [6.45, 7) is 2.00. The van der Waals surface area contributed by atoms with Crippen molar-refractivity contribution in [3.05, 3.63) is 50.4 Å². The van der Waals surface area contributed by atoms with Crippen LogP contribution in [0.25, 0.3) is 6.08 Å². The van der Waals surface area contributed by atoms with Crippen LogP contribution in [0, 0.1) is 6.92 Å². The summed E-state index contributed by atoms with van der Waals surface area (Å²) in [7, 11) is 0. The van der Waals surface area contributed by atoms with Gasteiger partial charge in [-0.05, 0) is 47.5 Å². The first-order chi connectivity index (χ1) is 7.25. The molecule has 2 heterocycles. The maximum atomic E-state index is 11.7. The van der Waals surface area contributed by atoms with E-state index in [4.69, 9.17) is 0 Å². The van der Waals surface area contributed by atoms with Crippen molar-refractivity contribution in [2.75, 3.05) is 0 Å². The monoisotopic (exact) mass is 234 g/mol. The topological polar surface area (TPSA) is 17.1 Å². The first-order valence-electron chi connectivity index (χ1n) is 4.57. The highest BCUT2D eigenvalue weighted by Gasteiger charge is 2.03. The van der Waals surface area contributed by atoms with Gasteiger partial charge in [0.25, 0.3) is 0 Å². The Morgan fingerprint density at radius 1 is 1.33 bits per heavy atom. The van der Waals surface area contributed by atoms with E-state index in [1.807, 2.05) is 42.0 Å². The number of ketones is 1. The van der Waals surface area contributed by atoms with E-state index in [1.54, 1.807) is 17.4 Å². The summed E-state index contributed by atoms with van der Waals surface area (Å²) in [5.74, 6) is 0.0827. The van der Waals surface area contributed by atoms with E-state index in [1.165, 1.54) is 16.2 Å². The molecule has 3 heteroatoms. The number of aryl methyl sites for hydroxylation is 1. The van der Waals surface area contributed by atoms with Crippen LogP contribution in [0.15, 0.2) is 35.0 Å². The zero-order chi connectivity index (χ0) is 10.7. The summed E-state index contributed by atoms with van der Waals surface area (Å²) in [5.41, 5.74) is 1.08. The number of thiophene rings is 2. The number of carbonyl (C=O) groups is 1. The molecule has 0 spiro atoms. The standard InChI is InChI=1S/C12H10OS2/c1-9-2-5-12(15-9)11(13)4-3-10-6-7-14-8-10/h2-8H,1H3/b4-3+. The Morgan fingerprint density at radius 2 is 2.20 bits per heavy atom. The van der Waals surface area contributed by atoms with Crippen LogP contribution in [0.1, 0.15) is 20.1 Å². The lowest BCUT2D eigenvalue weighted by Crippen LogP contribution is -1.88. The Morgan fingerprint density at radius 3 is 2.80 bits per heavy atom. The van der Waals surface area contributed by atoms with Gasteiger partial charge in [-0.2, -0.15) is 11.3 Å². The van der Waals surface area contributed by atoms with Crippen molar-refractivity contribution in [2.45, 2.75) is 6.92 Å². The zero-order valence-corrected chi connectivity index (χ0v) is 9.90. The van der Waals surface area contributed by atoms with Gasteiger partial charge in [-0.1, -0.05) is 6.08 Å². The summed E-state index contributed by atoms with van der Waals surface area (Å²) in [6, 6.07) is 5.84. The maximum absolute atomic E-state index is 11.7. The number of allylic oxidation sites excluding steroid dienone is 1. The second-order valence-electron chi connectivity index (χ2n) is 3.16. The molecule has 76 valence electrons. The van der Waals surface area contributed by atoms with Crippen LogP contribution in [0.5, 0.6) is 0 Å². The van der Waals surface area contributed by atoms with Crippen molar-refractivity contribution in [2.24, 2.45) is 0 Å². The molecule has 0 amide bonds. The van der Waals surface area contributed by atoms with Gasteiger partial charge in [-0.15, -0.1) is 11.3 Å². The Labute approximate surface area is 96.7 Å². The summed E-state index contributed by atoms with van der Waals surface area (Å²) in [6.07, 6.45) is 3.49. The van der Waals surface area contributed by atoms with Gasteiger partial charge in [0.2, 0.25) is 0 Å². The van der Waals surface area contributed by atoms with Crippen molar-refractivity contribution in [1.29, 1.82) is 0 Å². The quantitative estimate of drug-likeness (QED) is 0.579. The van der Waals surface area contributed by atoms with Gasteiger partial charge in [0.05, 0.1) is 4.88 Å². The van der Waals surface area contributed by atoms with Crippen LogP contribution in [0.2, 0.25) is 0 Å². The Bertz CT molecular complexity index is 477. The average Bonchev–Trinajstić information content (AvgIpc) is 2.84. The molecule has 0 aliphatic rings. The maximum Gasteiger partial charge on any atom is 0.195 e. The van der Waals surface area contributed by atoms with Crippen molar-refractivity contribution >= 4 is 34.5 Å². The minimum Gasteiger partial charge on any atom is -0.288 e. The third-order valence-electron chi connectivity index (χ3n) is 1.95. The van der Waals surface area contributed by atoms with E-state index in [-0.39, 0.29) is 5.78 Å². The fourth-order valence-electron chi connectivity index (χ4n) is 1.19. The highest BCUT2D eigenvalue weighted by atomic mass is 32.1. The fourth-order valence-corrected chi connectivity index (χ4v) is 2.61. The minimum atomic E-state index is 0.0827. The molecule has 0 atom stereocenters. The van der Waals surface area contributed by atoms with Crippen molar-refractivity contribution in [1.82, 2.24) is 0 Å². The zero-order valence-electron chi connectivity index (χ0n) is 8.27. The molecule has 0 radical (unpaired) electrons. The molecule has 2 aromatic heterocycles. The second kappa shape index (κ2) is 4.55. The smallest absolute Gasteiger partial charge is 0.195 e. The molecule has 0 saturated carbocycles. The average molecular weight is 234 g/mol. The largest absolute Gasteiger partial charge is 0.288 e. The lowest BCUT2D eigenvalue weighted by atomic mass is 10.2. The third kappa shape index (κ3) is 2.64. The van der Waals surface area contributed by atoms with Crippen molar-refractivity contribution < 1.29 is 4.79 Å². The molecule has 15 heavy (non-hydrogen) atoms. The van der Waals surface area contributed by atoms with Gasteiger partial charge in [-0.25, -0.2) is 0 Å². The molecule has 0 aliphatic heterocycles. The molecular weight excluding hydrogens is 224 g/mol. The Kier molecular flexibility index (Phi) is 3.14. The van der Waals surface area contributed by atoms with Gasteiger partial charge in [-0.3, -0.25) is 4.79 Å². The number of hydrogen-bond donors (Lipinski definition) is 0. The normalized spacial score (nSPS) is 11.0. The molecule has 0 aromatic carbocycles. The minimum absolute atomic E-state index is 0.0827. The molecule has 0 fully saturated rings. The van der Waals surface area contributed by atoms with Crippen LogP contribution < -0.4 is 0 Å². The number of hydrogen-bond acceptors (Lipinski definition) is 3. The summed E-state index contributed by atoms with van der Waals surface area (Å²) >= 11 is 3.17. The van der Waals surface area contributed by atoms with Crippen LogP contribution in [-0.2, 0) is 0 Å². The predicted octanol–water partition coefficient (Wildman–Crippen LogP) is 4.01. The second-order valence-corrected chi connectivity index (χ2v) is 5.23. The summed E-state index contributed by atoms with van der Waals surface area (Å²) in [5, 5.41) is 4.02. The first-order valence-corrected chi connectivity index (χ1v) is 6.33. The van der Waals surface area contributed by atoms with Crippen LogP contribution in [-0.4, -0.2) is 5.78 Å². The first kappa shape index (κ1) is 10.3. The van der Waals surface area contributed by atoms with Crippen molar-refractivity contribution in [3.8, 4) is 0 Å². The Balaban J connectivity index is 2.10. The highest BCUT2D eigenvalue weighted by Crippen LogP contribution is 2.16. The molecular formula is C12H10OS2. The molecule has 0 aliphatic carbocycles. The number of rotatable bonds is 3. The van der Waals surface area contributed by atoms with Gasteiger partial charge in [0, 0.05) is 4.88 Å². The molecule has 1 nitrogen and oxygen atoms in total. The Hall–Kier alpha value is -1.19. The van der Waals surface area contributed by atoms with E-state index < -0.39 is 0 Å². The van der Waals surface area contributed by atoms with Gasteiger partial charge in [0.15, 0.2) is 5.78 Å². The fraction of sp³-hybridized carbons (Fsp3) is 0.0833. The molecule has 0 N–H and O–H groups in total. The van der Waals surface area contributed by atoms with Crippen LogP contribution in [0.4, 0.5) is 0 Å². The predicted molar refractivity (Wildman–Crippen MR) is 66.7 cm³/mol. The van der Waals surface area contributed by atoms with E-state index >= 15 is 0 Å². The molecule has 0 saturated heterocycles. The number of carbonyl (C=O) groups excluding carboxylic acids is 1. The van der Waals surface area contributed by atoms with Crippen molar-refractivity contribution in [3.63, 3.8) is 0 Å². The SMILES string of the molecule is Cc1ccc(C(=O)/C=C/c2ccsc2)s1. The van der Waals surface area contributed by atoms with E-state index in [0.29, 0.717) is 0 Å². The molecule has 0 bridgehead atoms. The summed E-state index contributed by atoms with van der Waals surface area (Å²) in [4.78, 5) is 13.7. The molecule has 0 unspecified atom stereocenters. The van der Waals surface area contributed by atoms with Gasteiger partial charge >= 0.3 is 0 Å².